The number of hydrogen-bond acceptors (Lipinski definition) is 9. The normalized spacial score (nSPS) is 13.9. The van der Waals surface area contributed by atoms with Crippen molar-refractivity contribution < 1.29 is 52.4 Å². The van der Waals surface area contributed by atoms with Gasteiger partial charge in [-0.3, -0.25) is 14.1 Å². The molecule has 14 heteroatoms. The van der Waals surface area contributed by atoms with Crippen LogP contribution in [0.4, 0.5) is 9.59 Å². The average Bonchev–Trinajstić information content (AvgIpc) is 3.00. The third kappa shape index (κ3) is 8.17. The van der Waals surface area contributed by atoms with Crippen LogP contribution in [0.2, 0.25) is 0 Å². The largest absolute Gasteiger partial charge is 0.508 e. The highest BCUT2D eigenvalue weighted by Crippen LogP contribution is 2.35. The van der Waals surface area contributed by atoms with Gasteiger partial charge in [0.1, 0.15) is 13.2 Å². The van der Waals surface area contributed by atoms with E-state index >= 15 is 0 Å². The highest BCUT2D eigenvalue weighted by Gasteiger charge is 2.32. The van der Waals surface area contributed by atoms with Crippen molar-refractivity contribution in [2.75, 3.05) is 13.2 Å². The first-order chi connectivity index (χ1) is 14.1. The van der Waals surface area contributed by atoms with Gasteiger partial charge in [0.2, 0.25) is 0 Å². The van der Waals surface area contributed by atoms with Crippen LogP contribution >= 0.6 is 7.82 Å². The van der Waals surface area contributed by atoms with Gasteiger partial charge in [0.25, 0.3) is 11.8 Å². The minimum absolute atomic E-state index is 0.00666. The van der Waals surface area contributed by atoms with Gasteiger partial charge in [-0.1, -0.05) is 24.3 Å². The smallest absolute Gasteiger partial charge is 0.432 e. The third-order valence-corrected chi connectivity index (χ3v) is 4.05. The van der Waals surface area contributed by atoms with Crippen LogP contribution in [0.3, 0.4) is 0 Å². The molecule has 0 aromatic heterocycles. The maximum absolute atomic E-state index is 11.7. The second kappa shape index (κ2) is 10.7. The number of phosphoric ester groups is 1. The number of hydroxylamine groups is 2. The Hall–Kier alpha value is -2.99. The first-order valence-electron chi connectivity index (χ1n) is 8.53. The van der Waals surface area contributed by atoms with Crippen molar-refractivity contribution in [2.24, 2.45) is 0 Å². The lowest BCUT2D eigenvalue weighted by Gasteiger charge is -2.13. The molecule has 1 saturated heterocycles. The summed E-state index contributed by atoms with van der Waals surface area (Å²) < 4.78 is 24.0. The molecule has 0 saturated carbocycles. The Labute approximate surface area is 170 Å². The van der Waals surface area contributed by atoms with Gasteiger partial charge >= 0.3 is 20.1 Å². The van der Waals surface area contributed by atoms with Gasteiger partial charge in [-0.25, -0.2) is 14.2 Å². The second-order valence-electron chi connectivity index (χ2n) is 5.85. The van der Waals surface area contributed by atoms with E-state index in [1.54, 1.807) is 24.3 Å². The van der Waals surface area contributed by atoms with Crippen LogP contribution in [0, 0.1) is 0 Å². The lowest BCUT2D eigenvalue weighted by atomic mass is 10.1. The molecular formula is C16H19N2O11P. The molecule has 0 bridgehead atoms. The summed E-state index contributed by atoms with van der Waals surface area (Å²) in [4.78, 5) is 67.6. The number of hydrogen-bond donors (Lipinski definition) is 3. The predicted molar refractivity (Wildman–Crippen MR) is 95.0 cm³/mol. The Kier molecular flexibility index (Phi) is 8.30. The maximum atomic E-state index is 11.7. The van der Waals surface area contributed by atoms with Gasteiger partial charge in [0.15, 0.2) is 0 Å². The van der Waals surface area contributed by atoms with Gasteiger partial charge in [-0.05, 0) is 11.1 Å². The second-order valence-corrected chi connectivity index (χ2v) is 7.08. The summed E-state index contributed by atoms with van der Waals surface area (Å²) in [5.41, 5.74) is 1.19. The molecule has 3 N–H and O–H groups in total. The zero-order valence-electron chi connectivity index (χ0n) is 15.5. The molecule has 1 heterocycles. The van der Waals surface area contributed by atoms with E-state index in [0.717, 1.165) is 0 Å². The topological polar surface area (TPSA) is 178 Å². The van der Waals surface area contributed by atoms with Crippen LogP contribution in [0.15, 0.2) is 24.3 Å². The number of rotatable bonds is 9. The van der Waals surface area contributed by atoms with E-state index in [1.807, 2.05) is 0 Å². The van der Waals surface area contributed by atoms with Crippen LogP contribution in [0.25, 0.3) is 0 Å². The Bertz CT molecular complexity index is 837. The summed E-state index contributed by atoms with van der Waals surface area (Å²) >= 11 is 0. The zero-order valence-corrected chi connectivity index (χ0v) is 16.4. The number of nitrogens with one attached hydrogen (secondary N) is 1. The van der Waals surface area contributed by atoms with Crippen molar-refractivity contribution in [1.29, 1.82) is 0 Å². The van der Waals surface area contributed by atoms with E-state index < -0.39 is 45.1 Å². The fourth-order valence-corrected chi connectivity index (χ4v) is 2.55. The molecule has 30 heavy (non-hydrogen) atoms. The Morgan fingerprint density at radius 3 is 2.40 bits per heavy atom. The summed E-state index contributed by atoms with van der Waals surface area (Å²) in [6, 6.07) is 6.59. The summed E-state index contributed by atoms with van der Waals surface area (Å²) in [5.74, 6) is -1.18. The first kappa shape index (κ1) is 23.3. The highest BCUT2D eigenvalue weighted by molar-refractivity contribution is 7.46. The van der Waals surface area contributed by atoms with E-state index in [4.69, 9.17) is 14.5 Å². The van der Waals surface area contributed by atoms with E-state index in [1.165, 1.54) is 0 Å². The molecule has 1 aliphatic heterocycles. The Morgan fingerprint density at radius 2 is 1.73 bits per heavy atom. The standard InChI is InChI=1S/C16H19N2O11P/c19-13-4-5-14(20)18(13)29-15(21)17-9-11-2-1-3-12(8-11)10-27-16(22)26-6-7-28-30(23,24)25/h1-3,8H,4-7,9-10H2,(H,17,21)(H2,23,24,25). The maximum Gasteiger partial charge on any atom is 0.508 e. The molecule has 0 aliphatic carbocycles. The number of amides is 3. The molecule has 1 aromatic rings. The van der Waals surface area contributed by atoms with Crippen LogP contribution in [-0.4, -0.2) is 52.1 Å². The molecule has 1 aromatic carbocycles. The number of carbonyl (C=O) groups excluding carboxylic acids is 4. The number of imide groups is 1. The molecular weight excluding hydrogens is 427 g/mol. The van der Waals surface area contributed by atoms with Gasteiger partial charge in [0.05, 0.1) is 6.61 Å². The quantitative estimate of drug-likeness (QED) is 0.211. The Balaban J connectivity index is 1.71. The molecule has 1 aliphatic rings. The van der Waals surface area contributed by atoms with Crippen LogP contribution in [0.5, 0.6) is 0 Å². The monoisotopic (exact) mass is 446 g/mol. The van der Waals surface area contributed by atoms with Gasteiger partial charge < -0.3 is 29.4 Å². The van der Waals surface area contributed by atoms with E-state index in [-0.39, 0.29) is 26.0 Å². The fraction of sp³-hybridized carbons (Fsp3) is 0.375. The van der Waals surface area contributed by atoms with Crippen molar-refractivity contribution in [3.8, 4) is 0 Å². The van der Waals surface area contributed by atoms with Crippen molar-refractivity contribution >= 4 is 31.9 Å². The lowest BCUT2D eigenvalue weighted by molar-refractivity contribution is -0.171. The predicted octanol–water partition coefficient (Wildman–Crippen LogP) is 0.739. The first-order valence-corrected chi connectivity index (χ1v) is 10.1. The number of phosphoric acid groups is 1. The molecule has 1 fully saturated rings. The van der Waals surface area contributed by atoms with E-state index in [9.17, 15) is 23.7 Å². The molecule has 164 valence electrons. The molecule has 0 atom stereocenters. The molecule has 0 radical (unpaired) electrons. The van der Waals surface area contributed by atoms with E-state index in [0.29, 0.717) is 16.2 Å². The Morgan fingerprint density at radius 1 is 1.07 bits per heavy atom. The summed E-state index contributed by atoms with van der Waals surface area (Å²) in [5, 5.41) is 2.81. The number of ether oxygens (including phenoxy) is 2. The van der Waals surface area contributed by atoms with Crippen molar-refractivity contribution in [3.63, 3.8) is 0 Å². The minimum atomic E-state index is -4.63. The molecule has 0 spiro atoms. The fourth-order valence-electron chi connectivity index (χ4n) is 2.24. The van der Waals surface area contributed by atoms with Crippen LogP contribution in [0.1, 0.15) is 24.0 Å². The van der Waals surface area contributed by atoms with Gasteiger partial charge in [-0.2, -0.15) is 0 Å². The zero-order chi connectivity index (χ0) is 22.1. The third-order valence-electron chi connectivity index (χ3n) is 3.53. The summed E-state index contributed by atoms with van der Waals surface area (Å²) in [7, 11) is -4.63. The molecule has 3 amide bonds. The van der Waals surface area contributed by atoms with Gasteiger partial charge in [-0.15, -0.1) is 5.06 Å². The summed E-state index contributed by atoms with van der Waals surface area (Å²) in [6.07, 6.45) is -2.04. The number of carbonyl (C=O) groups is 4. The average molecular weight is 446 g/mol. The molecule has 2 rings (SSSR count). The summed E-state index contributed by atoms with van der Waals surface area (Å²) in [6.45, 7) is -1.04. The van der Waals surface area contributed by atoms with E-state index in [2.05, 4.69) is 19.4 Å². The number of nitrogens with zero attached hydrogens (tertiary/aromatic N) is 1. The van der Waals surface area contributed by atoms with Gasteiger partial charge in [0, 0.05) is 19.4 Å². The highest BCUT2D eigenvalue weighted by atomic mass is 31.2. The SMILES string of the molecule is O=C(NCc1cccc(COC(=O)OCCOP(=O)(O)O)c1)ON1C(=O)CCC1=O. The van der Waals surface area contributed by atoms with Crippen LogP contribution in [-0.2, 0) is 46.1 Å². The minimum Gasteiger partial charge on any atom is -0.432 e. The van der Waals surface area contributed by atoms with Crippen molar-refractivity contribution in [3.05, 3.63) is 35.4 Å². The van der Waals surface area contributed by atoms with Crippen molar-refractivity contribution in [2.45, 2.75) is 26.0 Å². The molecule has 13 nitrogen and oxygen atoms in total. The number of benzene rings is 1. The molecule has 0 unspecified atom stereocenters. The van der Waals surface area contributed by atoms with Crippen LogP contribution < -0.4 is 5.32 Å². The lowest BCUT2D eigenvalue weighted by Crippen LogP contribution is -2.36. The van der Waals surface area contributed by atoms with Crippen molar-refractivity contribution in [1.82, 2.24) is 10.4 Å².